The number of rotatable bonds is 6. The first-order valence-electron chi connectivity index (χ1n) is 8.26. The lowest BCUT2D eigenvalue weighted by Crippen LogP contribution is -2.14. The summed E-state index contributed by atoms with van der Waals surface area (Å²) in [7, 11) is 0. The predicted molar refractivity (Wildman–Crippen MR) is 102 cm³/mol. The summed E-state index contributed by atoms with van der Waals surface area (Å²) in [5.74, 6) is -0.238. The first-order valence-corrected chi connectivity index (χ1v) is 9.05. The van der Waals surface area contributed by atoms with Gasteiger partial charge in [0, 0.05) is 24.3 Å². The summed E-state index contributed by atoms with van der Waals surface area (Å²) < 4.78 is 15.8. The van der Waals surface area contributed by atoms with Gasteiger partial charge in [0.2, 0.25) is 0 Å². The molecule has 0 aliphatic heterocycles. The molecule has 3 aromatic rings. The summed E-state index contributed by atoms with van der Waals surface area (Å²) in [5.41, 5.74) is 5.72. The van der Waals surface area contributed by atoms with Gasteiger partial charge in [-0.15, -0.1) is 0 Å². The lowest BCUT2D eigenvalue weighted by molar-refractivity contribution is 0.617. The summed E-state index contributed by atoms with van der Waals surface area (Å²) in [4.78, 5) is 0. The van der Waals surface area contributed by atoms with Gasteiger partial charge >= 0.3 is 0 Å². The molecule has 3 nitrogen and oxygen atoms in total. The van der Waals surface area contributed by atoms with E-state index in [1.165, 1.54) is 22.9 Å². The summed E-state index contributed by atoms with van der Waals surface area (Å²) in [5, 5.41) is 8.10. The maximum absolute atomic E-state index is 13.3. The molecular weight excluding hydrogens is 381 g/mol. The van der Waals surface area contributed by atoms with Gasteiger partial charge in [-0.2, -0.15) is 5.10 Å². The topological polar surface area (TPSA) is 29.9 Å². The molecule has 0 atom stereocenters. The Morgan fingerprint density at radius 3 is 2.52 bits per heavy atom. The molecule has 0 spiro atoms. The molecule has 5 heteroatoms. The molecular formula is C20H21BrFN3. The van der Waals surface area contributed by atoms with Crippen molar-refractivity contribution in [3.05, 3.63) is 86.9 Å². The molecule has 130 valence electrons. The molecule has 3 rings (SSSR count). The van der Waals surface area contributed by atoms with Crippen LogP contribution in [-0.2, 0) is 19.6 Å². The van der Waals surface area contributed by atoms with E-state index in [9.17, 15) is 4.39 Å². The van der Waals surface area contributed by atoms with Crippen LogP contribution in [0.25, 0.3) is 0 Å². The second-order valence-electron chi connectivity index (χ2n) is 6.14. The largest absolute Gasteiger partial charge is 0.308 e. The van der Waals surface area contributed by atoms with Crippen LogP contribution in [0.15, 0.2) is 53.0 Å². The molecule has 0 saturated carbocycles. The second-order valence-corrected chi connectivity index (χ2v) is 7.00. The lowest BCUT2D eigenvalue weighted by Gasteiger charge is -2.08. The van der Waals surface area contributed by atoms with Crippen molar-refractivity contribution in [1.82, 2.24) is 15.1 Å². The zero-order chi connectivity index (χ0) is 17.8. The van der Waals surface area contributed by atoms with Crippen molar-refractivity contribution in [3.8, 4) is 0 Å². The molecule has 0 fully saturated rings. The van der Waals surface area contributed by atoms with Gasteiger partial charge in [-0.05, 0) is 53.0 Å². The molecule has 0 aliphatic rings. The van der Waals surface area contributed by atoms with Crippen molar-refractivity contribution in [3.63, 3.8) is 0 Å². The Kier molecular flexibility index (Phi) is 5.66. The van der Waals surface area contributed by atoms with Crippen LogP contribution in [0, 0.1) is 19.7 Å². The summed E-state index contributed by atoms with van der Waals surface area (Å²) >= 11 is 3.22. The molecule has 0 aliphatic carbocycles. The first-order chi connectivity index (χ1) is 12.0. The molecule has 0 amide bonds. The van der Waals surface area contributed by atoms with Crippen LogP contribution in [0.4, 0.5) is 4.39 Å². The zero-order valence-electron chi connectivity index (χ0n) is 14.4. The lowest BCUT2D eigenvalue weighted by atomic mass is 10.1. The van der Waals surface area contributed by atoms with Gasteiger partial charge in [-0.3, -0.25) is 4.68 Å². The molecule has 25 heavy (non-hydrogen) atoms. The molecule has 0 radical (unpaired) electrons. The molecule has 0 bridgehead atoms. The fraction of sp³-hybridized carbons (Fsp3) is 0.250. The number of benzene rings is 2. The molecule has 1 heterocycles. The molecule has 1 aromatic heterocycles. The minimum absolute atomic E-state index is 0.238. The third kappa shape index (κ3) is 4.35. The third-order valence-corrected chi connectivity index (χ3v) is 4.93. The summed E-state index contributed by atoms with van der Waals surface area (Å²) in [6, 6.07) is 15.4. The van der Waals surface area contributed by atoms with E-state index in [1.807, 2.05) is 25.1 Å². The Morgan fingerprint density at radius 1 is 1.04 bits per heavy atom. The number of aromatic nitrogens is 2. The second kappa shape index (κ2) is 7.93. The Bertz CT molecular complexity index is 859. The van der Waals surface area contributed by atoms with Gasteiger partial charge in [-0.25, -0.2) is 4.39 Å². The van der Waals surface area contributed by atoms with E-state index in [0.29, 0.717) is 11.0 Å². The van der Waals surface area contributed by atoms with Crippen LogP contribution in [-0.4, -0.2) is 9.78 Å². The van der Waals surface area contributed by atoms with Gasteiger partial charge in [0.1, 0.15) is 5.82 Å². The normalized spacial score (nSPS) is 11.0. The van der Waals surface area contributed by atoms with E-state index >= 15 is 0 Å². The van der Waals surface area contributed by atoms with Crippen LogP contribution in [0.2, 0.25) is 0 Å². The van der Waals surface area contributed by atoms with E-state index in [4.69, 9.17) is 0 Å². The van der Waals surface area contributed by atoms with E-state index < -0.39 is 0 Å². The van der Waals surface area contributed by atoms with Gasteiger partial charge in [0.05, 0.1) is 16.7 Å². The number of nitrogens with zero attached hydrogens (tertiary/aromatic N) is 2. The van der Waals surface area contributed by atoms with Crippen molar-refractivity contribution in [2.75, 3.05) is 0 Å². The standard InChI is InChI=1S/C20H21BrFN3/c1-14-18(12-23-11-17-8-9-20(22)19(21)10-17)15(2)25(24-14)13-16-6-4-3-5-7-16/h3-10,23H,11-13H2,1-2H3. The van der Waals surface area contributed by atoms with Gasteiger partial charge in [-0.1, -0.05) is 36.4 Å². The van der Waals surface area contributed by atoms with Crippen molar-refractivity contribution in [2.24, 2.45) is 0 Å². The van der Waals surface area contributed by atoms with Crippen LogP contribution >= 0.6 is 15.9 Å². The molecule has 1 N–H and O–H groups in total. The van der Waals surface area contributed by atoms with Gasteiger partial charge in [0.15, 0.2) is 0 Å². The van der Waals surface area contributed by atoms with Crippen molar-refractivity contribution >= 4 is 15.9 Å². The molecule has 0 saturated heterocycles. The highest BCUT2D eigenvalue weighted by atomic mass is 79.9. The van der Waals surface area contributed by atoms with Gasteiger partial charge in [0.25, 0.3) is 0 Å². The zero-order valence-corrected chi connectivity index (χ0v) is 16.0. The number of nitrogens with one attached hydrogen (secondary N) is 1. The Morgan fingerprint density at radius 2 is 1.80 bits per heavy atom. The van der Waals surface area contributed by atoms with Crippen LogP contribution in [0.5, 0.6) is 0 Å². The fourth-order valence-corrected chi connectivity index (χ4v) is 3.31. The monoisotopic (exact) mass is 401 g/mol. The SMILES string of the molecule is Cc1nn(Cc2ccccc2)c(C)c1CNCc1ccc(F)c(Br)c1. The summed E-state index contributed by atoms with van der Waals surface area (Å²) in [6.07, 6.45) is 0. The molecule has 2 aromatic carbocycles. The average Bonchev–Trinajstić information content (AvgIpc) is 2.86. The minimum atomic E-state index is -0.238. The first kappa shape index (κ1) is 17.8. The smallest absolute Gasteiger partial charge is 0.137 e. The van der Waals surface area contributed by atoms with E-state index in [0.717, 1.165) is 24.3 Å². The Labute approximate surface area is 156 Å². The highest BCUT2D eigenvalue weighted by Crippen LogP contribution is 2.18. The Balaban J connectivity index is 1.65. The van der Waals surface area contributed by atoms with Crippen LogP contribution in [0.1, 0.15) is 28.1 Å². The van der Waals surface area contributed by atoms with Gasteiger partial charge < -0.3 is 5.32 Å². The number of hydrogen-bond acceptors (Lipinski definition) is 2. The van der Waals surface area contributed by atoms with Crippen molar-refractivity contribution < 1.29 is 4.39 Å². The Hall–Kier alpha value is -1.98. The highest BCUT2D eigenvalue weighted by molar-refractivity contribution is 9.10. The number of halogens is 2. The summed E-state index contributed by atoms with van der Waals surface area (Å²) in [6.45, 7) is 6.34. The van der Waals surface area contributed by atoms with E-state index in [-0.39, 0.29) is 5.82 Å². The highest BCUT2D eigenvalue weighted by Gasteiger charge is 2.11. The molecule has 0 unspecified atom stereocenters. The predicted octanol–water partition coefficient (Wildman–Crippen LogP) is 4.74. The number of aryl methyl sites for hydroxylation is 1. The minimum Gasteiger partial charge on any atom is -0.308 e. The maximum Gasteiger partial charge on any atom is 0.137 e. The quantitative estimate of drug-likeness (QED) is 0.646. The maximum atomic E-state index is 13.3. The number of hydrogen-bond donors (Lipinski definition) is 1. The van der Waals surface area contributed by atoms with Crippen molar-refractivity contribution in [2.45, 2.75) is 33.5 Å². The third-order valence-electron chi connectivity index (χ3n) is 4.32. The van der Waals surface area contributed by atoms with E-state index in [1.54, 1.807) is 12.1 Å². The van der Waals surface area contributed by atoms with Crippen LogP contribution < -0.4 is 5.32 Å². The van der Waals surface area contributed by atoms with Crippen molar-refractivity contribution in [1.29, 1.82) is 0 Å². The van der Waals surface area contributed by atoms with E-state index in [2.05, 4.69) is 50.1 Å². The average molecular weight is 402 g/mol. The van der Waals surface area contributed by atoms with Crippen LogP contribution in [0.3, 0.4) is 0 Å². The fourth-order valence-electron chi connectivity index (χ4n) is 2.88.